The molecule has 1 unspecified atom stereocenters. The lowest BCUT2D eigenvalue weighted by atomic mass is 9.98. The normalized spacial score (nSPS) is 12.5. The first kappa shape index (κ1) is 11.7. The molecule has 0 spiro atoms. The highest BCUT2D eigenvalue weighted by Crippen LogP contribution is 2.28. The fourth-order valence-corrected chi connectivity index (χ4v) is 1.72. The van der Waals surface area contributed by atoms with E-state index >= 15 is 0 Å². The SMILES string of the molecule is Cc1cnccc1C(O)c1c(F)cccc1F. The zero-order valence-electron chi connectivity index (χ0n) is 9.19. The quantitative estimate of drug-likeness (QED) is 0.868. The Labute approximate surface area is 97.6 Å². The van der Waals surface area contributed by atoms with Crippen LogP contribution in [-0.2, 0) is 0 Å². The number of benzene rings is 1. The van der Waals surface area contributed by atoms with Gasteiger partial charge in [-0.05, 0) is 36.2 Å². The van der Waals surface area contributed by atoms with Crippen LogP contribution < -0.4 is 0 Å². The summed E-state index contributed by atoms with van der Waals surface area (Å²) in [5.41, 5.74) is 0.799. The smallest absolute Gasteiger partial charge is 0.132 e. The second-order valence-corrected chi connectivity index (χ2v) is 3.77. The molecule has 0 saturated heterocycles. The van der Waals surface area contributed by atoms with Gasteiger partial charge in [-0.3, -0.25) is 4.98 Å². The summed E-state index contributed by atoms with van der Waals surface area (Å²) >= 11 is 0. The first-order chi connectivity index (χ1) is 8.11. The summed E-state index contributed by atoms with van der Waals surface area (Å²) in [5, 5.41) is 10.0. The van der Waals surface area contributed by atoms with Crippen LogP contribution in [0.4, 0.5) is 8.78 Å². The van der Waals surface area contributed by atoms with E-state index in [1.54, 1.807) is 13.0 Å². The van der Waals surface area contributed by atoms with Gasteiger partial charge < -0.3 is 5.11 Å². The predicted octanol–water partition coefficient (Wildman–Crippen LogP) is 2.75. The summed E-state index contributed by atoms with van der Waals surface area (Å²) in [6.45, 7) is 1.73. The van der Waals surface area contributed by atoms with E-state index in [-0.39, 0.29) is 5.56 Å². The van der Waals surface area contributed by atoms with Gasteiger partial charge in [0, 0.05) is 12.4 Å². The largest absolute Gasteiger partial charge is 0.383 e. The molecule has 2 nitrogen and oxygen atoms in total. The molecule has 1 aromatic heterocycles. The van der Waals surface area contributed by atoms with E-state index in [2.05, 4.69) is 4.98 Å². The summed E-state index contributed by atoms with van der Waals surface area (Å²) in [6, 6.07) is 5.06. The molecule has 0 bridgehead atoms. The minimum atomic E-state index is -1.32. The molecule has 0 fully saturated rings. The van der Waals surface area contributed by atoms with Crippen LogP contribution >= 0.6 is 0 Å². The molecule has 0 saturated carbocycles. The van der Waals surface area contributed by atoms with Gasteiger partial charge in [0.15, 0.2) is 0 Å². The number of aryl methyl sites for hydroxylation is 1. The number of aliphatic hydroxyl groups excluding tert-OH is 1. The first-order valence-corrected chi connectivity index (χ1v) is 5.13. The molecule has 1 aromatic carbocycles. The third-order valence-electron chi connectivity index (χ3n) is 2.63. The van der Waals surface area contributed by atoms with Crippen molar-refractivity contribution in [2.75, 3.05) is 0 Å². The third kappa shape index (κ3) is 2.17. The highest BCUT2D eigenvalue weighted by Gasteiger charge is 2.20. The zero-order chi connectivity index (χ0) is 12.4. The Morgan fingerprint density at radius 3 is 2.41 bits per heavy atom. The molecule has 2 rings (SSSR count). The standard InChI is InChI=1S/C13H11F2NO/c1-8-7-16-6-5-9(8)13(17)12-10(14)3-2-4-11(12)15/h2-7,13,17H,1H3. The van der Waals surface area contributed by atoms with Gasteiger partial charge in [0.1, 0.15) is 17.7 Å². The number of nitrogens with zero attached hydrogens (tertiary/aromatic N) is 1. The molecule has 0 radical (unpaired) electrons. The Hall–Kier alpha value is -1.81. The van der Waals surface area contributed by atoms with Crippen LogP contribution in [0.3, 0.4) is 0 Å². The van der Waals surface area contributed by atoms with Crippen LogP contribution in [0.2, 0.25) is 0 Å². The Balaban J connectivity index is 2.51. The maximum absolute atomic E-state index is 13.5. The third-order valence-corrected chi connectivity index (χ3v) is 2.63. The molecule has 0 aliphatic carbocycles. The second kappa shape index (κ2) is 4.59. The van der Waals surface area contributed by atoms with Gasteiger partial charge in [-0.15, -0.1) is 0 Å². The van der Waals surface area contributed by atoms with E-state index in [1.807, 2.05) is 0 Å². The van der Waals surface area contributed by atoms with Crippen molar-refractivity contribution in [2.24, 2.45) is 0 Å². The van der Waals surface area contributed by atoms with E-state index in [9.17, 15) is 13.9 Å². The molecule has 1 atom stereocenters. The molecule has 1 heterocycles. The Morgan fingerprint density at radius 2 is 1.82 bits per heavy atom. The van der Waals surface area contributed by atoms with Gasteiger partial charge in [0.05, 0.1) is 5.56 Å². The van der Waals surface area contributed by atoms with Gasteiger partial charge >= 0.3 is 0 Å². The highest BCUT2D eigenvalue weighted by molar-refractivity contribution is 5.34. The summed E-state index contributed by atoms with van der Waals surface area (Å²) in [5.74, 6) is -1.51. The summed E-state index contributed by atoms with van der Waals surface area (Å²) < 4.78 is 27.0. The second-order valence-electron chi connectivity index (χ2n) is 3.77. The van der Waals surface area contributed by atoms with Crippen molar-refractivity contribution in [1.29, 1.82) is 0 Å². The molecule has 17 heavy (non-hydrogen) atoms. The highest BCUT2D eigenvalue weighted by atomic mass is 19.1. The van der Waals surface area contributed by atoms with E-state index in [0.717, 1.165) is 12.1 Å². The zero-order valence-corrected chi connectivity index (χ0v) is 9.19. The average molecular weight is 235 g/mol. The van der Waals surface area contributed by atoms with Crippen molar-refractivity contribution in [1.82, 2.24) is 4.98 Å². The Kier molecular flexibility index (Phi) is 3.15. The molecule has 4 heteroatoms. The molecule has 2 aromatic rings. The Morgan fingerprint density at radius 1 is 1.18 bits per heavy atom. The predicted molar refractivity (Wildman–Crippen MR) is 59.4 cm³/mol. The first-order valence-electron chi connectivity index (χ1n) is 5.13. The average Bonchev–Trinajstić information content (AvgIpc) is 2.29. The molecule has 0 amide bonds. The molecule has 1 N–H and O–H groups in total. The van der Waals surface area contributed by atoms with Crippen LogP contribution in [0.5, 0.6) is 0 Å². The lowest BCUT2D eigenvalue weighted by Gasteiger charge is -2.15. The van der Waals surface area contributed by atoms with E-state index < -0.39 is 17.7 Å². The monoisotopic (exact) mass is 235 g/mol. The van der Waals surface area contributed by atoms with Crippen LogP contribution in [0.25, 0.3) is 0 Å². The fraction of sp³-hybridized carbons (Fsp3) is 0.154. The maximum atomic E-state index is 13.5. The van der Waals surface area contributed by atoms with Gasteiger partial charge in [-0.25, -0.2) is 8.78 Å². The van der Waals surface area contributed by atoms with Gasteiger partial charge in [-0.1, -0.05) is 6.07 Å². The van der Waals surface area contributed by atoms with Crippen LogP contribution in [0, 0.1) is 18.6 Å². The maximum Gasteiger partial charge on any atom is 0.132 e. The number of aliphatic hydroxyl groups is 1. The lowest BCUT2D eigenvalue weighted by molar-refractivity contribution is 0.208. The minimum absolute atomic E-state index is 0.332. The topological polar surface area (TPSA) is 33.1 Å². The van der Waals surface area contributed by atoms with Crippen molar-refractivity contribution in [3.63, 3.8) is 0 Å². The van der Waals surface area contributed by atoms with Crippen molar-refractivity contribution in [2.45, 2.75) is 13.0 Å². The van der Waals surface area contributed by atoms with Gasteiger partial charge in [0.2, 0.25) is 0 Å². The summed E-state index contributed by atoms with van der Waals surface area (Å²) in [4.78, 5) is 3.87. The number of halogens is 2. The number of hydrogen-bond donors (Lipinski definition) is 1. The number of pyridine rings is 1. The molecule has 0 aliphatic heterocycles. The van der Waals surface area contributed by atoms with Crippen LogP contribution in [0.15, 0.2) is 36.7 Å². The number of rotatable bonds is 2. The number of aromatic nitrogens is 1. The van der Waals surface area contributed by atoms with E-state index in [1.165, 1.54) is 18.5 Å². The summed E-state index contributed by atoms with van der Waals surface area (Å²) in [6.07, 6.45) is 1.70. The van der Waals surface area contributed by atoms with Crippen molar-refractivity contribution in [3.8, 4) is 0 Å². The van der Waals surface area contributed by atoms with E-state index in [4.69, 9.17) is 0 Å². The molecule has 0 aliphatic rings. The number of hydrogen-bond acceptors (Lipinski definition) is 2. The summed E-state index contributed by atoms with van der Waals surface area (Å²) in [7, 11) is 0. The molecular formula is C13H11F2NO. The van der Waals surface area contributed by atoms with E-state index in [0.29, 0.717) is 11.1 Å². The molecule has 88 valence electrons. The fourth-order valence-electron chi connectivity index (χ4n) is 1.72. The van der Waals surface area contributed by atoms with Crippen molar-refractivity contribution >= 4 is 0 Å². The van der Waals surface area contributed by atoms with Crippen LogP contribution in [0.1, 0.15) is 22.8 Å². The van der Waals surface area contributed by atoms with Crippen molar-refractivity contribution in [3.05, 3.63) is 65.0 Å². The Bertz CT molecular complexity index is 522. The molecular weight excluding hydrogens is 224 g/mol. The van der Waals surface area contributed by atoms with Crippen molar-refractivity contribution < 1.29 is 13.9 Å². The lowest BCUT2D eigenvalue weighted by Crippen LogP contribution is -2.07. The van der Waals surface area contributed by atoms with Gasteiger partial charge in [-0.2, -0.15) is 0 Å². The van der Waals surface area contributed by atoms with Gasteiger partial charge in [0.25, 0.3) is 0 Å². The minimum Gasteiger partial charge on any atom is -0.383 e. The van der Waals surface area contributed by atoms with Crippen LogP contribution in [-0.4, -0.2) is 10.1 Å².